The molecule has 2 saturated heterocycles. The molecule has 3 heterocycles. The van der Waals surface area contributed by atoms with Gasteiger partial charge in [0.15, 0.2) is 0 Å². The monoisotopic (exact) mass is 502 g/mol. The van der Waals surface area contributed by atoms with Gasteiger partial charge in [0, 0.05) is 31.7 Å². The largest absolute Gasteiger partial charge is 0.378 e. The zero-order valence-electron chi connectivity index (χ0n) is 20.6. The molecule has 2 aliphatic heterocycles. The fraction of sp³-hybridized carbons (Fsp3) is 0.600. The van der Waals surface area contributed by atoms with Crippen LogP contribution < -0.4 is 10.5 Å². The van der Waals surface area contributed by atoms with Crippen LogP contribution in [0.3, 0.4) is 0 Å². The van der Waals surface area contributed by atoms with E-state index in [0.717, 1.165) is 37.1 Å². The summed E-state index contributed by atoms with van der Waals surface area (Å²) in [4.78, 5) is 30.9. The number of thioether (sulfide) groups is 1. The smallest absolute Gasteiger partial charge is 0.270 e. The molecule has 0 bridgehead atoms. The Morgan fingerprint density at radius 3 is 2.53 bits per heavy atom. The summed E-state index contributed by atoms with van der Waals surface area (Å²) in [5.74, 6) is 1.07. The number of amides is 1. The zero-order valence-corrected chi connectivity index (χ0v) is 22.2. The molecule has 1 amide bonds. The number of nitriles is 1. The van der Waals surface area contributed by atoms with Gasteiger partial charge in [0.1, 0.15) is 21.8 Å². The Bertz CT molecular complexity index is 1070. The minimum absolute atomic E-state index is 0.0926. The molecule has 0 N–H and O–H groups in total. The first-order valence-corrected chi connectivity index (χ1v) is 13.4. The second-order valence-corrected chi connectivity index (χ2v) is 10.4. The van der Waals surface area contributed by atoms with Crippen molar-refractivity contribution in [1.29, 1.82) is 5.26 Å². The van der Waals surface area contributed by atoms with Gasteiger partial charge in [0.25, 0.3) is 11.5 Å². The number of hydrogen-bond donors (Lipinski definition) is 0. The summed E-state index contributed by atoms with van der Waals surface area (Å²) in [5, 5.41) is 9.72. The predicted octanol–water partition coefficient (Wildman–Crippen LogP) is 4.30. The molecule has 0 radical (unpaired) electrons. The molecule has 1 aromatic rings. The highest BCUT2D eigenvalue weighted by Crippen LogP contribution is 2.36. The molecule has 2 aliphatic rings. The summed E-state index contributed by atoms with van der Waals surface area (Å²) < 4.78 is 7.73. The lowest BCUT2D eigenvalue weighted by Gasteiger charge is -2.33. The number of morpholine rings is 1. The lowest BCUT2D eigenvalue weighted by molar-refractivity contribution is -0.122. The maximum atomic E-state index is 13.4. The van der Waals surface area contributed by atoms with Gasteiger partial charge in [-0.1, -0.05) is 57.1 Å². The number of hydrogen-bond acceptors (Lipinski definition) is 7. The van der Waals surface area contributed by atoms with E-state index in [4.69, 9.17) is 17.0 Å². The number of rotatable bonds is 9. The van der Waals surface area contributed by atoms with Crippen LogP contribution in [0.15, 0.2) is 9.70 Å². The summed E-state index contributed by atoms with van der Waals surface area (Å²) in [6.07, 6.45) is 6.19. The Labute approximate surface area is 211 Å². The van der Waals surface area contributed by atoms with Crippen molar-refractivity contribution in [3.8, 4) is 6.07 Å². The van der Waals surface area contributed by atoms with Gasteiger partial charge in [-0.3, -0.25) is 19.1 Å². The molecule has 1 atom stereocenters. The van der Waals surface area contributed by atoms with E-state index in [2.05, 4.69) is 24.8 Å². The Hall–Kier alpha value is -2.15. The fourth-order valence-corrected chi connectivity index (χ4v) is 5.77. The predicted molar refractivity (Wildman–Crippen MR) is 142 cm³/mol. The average molecular weight is 503 g/mol. The molecule has 3 rings (SSSR count). The molecule has 0 spiro atoms. The zero-order chi connectivity index (χ0) is 24.8. The summed E-state index contributed by atoms with van der Waals surface area (Å²) >= 11 is 6.89. The van der Waals surface area contributed by atoms with Gasteiger partial charge in [-0.05, 0) is 37.8 Å². The number of pyridine rings is 1. The number of aromatic nitrogens is 1. The van der Waals surface area contributed by atoms with E-state index in [1.807, 2.05) is 13.0 Å². The van der Waals surface area contributed by atoms with E-state index < -0.39 is 0 Å². The quantitative estimate of drug-likeness (QED) is 0.368. The van der Waals surface area contributed by atoms with Crippen LogP contribution in [-0.2, 0) is 16.1 Å². The Balaban J connectivity index is 2.06. The van der Waals surface area contributed by atoms with Crippen molar-refractivity contribution in [2.24, 2.45) is 5.92 Å². The van der Waals surface area contributed by atoms with Crippen LogP contribution in [0.5, 0.6) is 0 Å². The maximum Gasteiger partial charge on any atom is 0.270 e. The van der Waals surface area contributed by atoms with Crippen molar-refractivity contribution in [3.63, 3.8) is 0 Å². The van der Waals surface area contributed by atoms with Crippen LogP contribution in [-0.4, -0.2) is 52.5 Å². The molecule has 0 aromatic carbocycles. The topological polar surface area (TPSA) is 78.6 Å². The van der Waals surface area contributed by atoms with Crippen molar-refractivity contribution in [1.82, 2.24) is 9.47 Å². The molecule has 0 saturated carbocycles. The van der Waals surface area contributed by atoms with Gasteiger partial charge >= 0.3 is 0 Å². The number of carbonyl (C=O) groups excluding carboxylic acids is 1. The Morgan fingerprint density at radius 1 is 1.24 bits per heavy atom. The van der Waals surface area contributed by atoms with Gasteiger partial charge in [0.2, 0.25) is 0 Å². The van der Waals surface area contributed by atoms with Gasteiger partial charge < -0.3 is 9.64 Å². The third kappa shape index (κ3) is 5.40. The summed E-state index contributed by atoms with van der Waals surface area (Å²) in [6, 6.07) is 2.08. The van der Waals surface area contributed by atoms with Crippen molar-refractivity contribution in [2.45, 2.75) is 59.9 Å². The van der Waals surface area contributed by atoms with E-state index in [9.17, 15) is 14.9 Å². The first kappa shape index (κ1) is 26.5. The third-order valence-electron chi connectivity index (χ3n) is 6.61. The second-order valence-electron chi connectivity index (χ2n) is 8.71. The van der Waals surface area contributed by atoms with Crippen LogP contribution in [0.1, 0.15) is 63.1 Å². The molecular weight excluding hydrogens is 468 g/mol. The number of ether oxygens (including phenoxy) is 1. The molecule has 9 heteroatoms. The molecule has 184 valence electrons. The standard InChI is InChI=1S/C25H34N4O3S2/c1-5-8-9-18(6-2)16-29-24(31)21(34-25(29)33)14-19-17(4)20(15-26)23(30)28(7-3)22(19)27-10-12-32-13-11-27/h14,18H,5-13,16H2,1-4H3/b21-14+. The number of carbonyl (C=O) groups is 1. The molecular formula is C25H34N4O3S2. The van der Waals surface area contributed by atoms with Crippen LogP contribution in [0.25, 0.3) is 6.08 Å². The Kier molecular flexibility index (Phi) is 9.34. The van der Waals surface area contributed by atoms with Crippen LogP contribution >= 0.6 is 24.0 Å². The Morgan fingerprint density at radius 2 is 1.94 bits per heavy atom. The molecule has 34 heavy (non-hydrogen) atoms. The number of anilines is 1. The van der Waals surface area contributed by atoms with Gasteiger partial charge in [-0.2, -0.15) is 5.26 Å². The highest BCUT2D eigenvalue weighted by atomic mass is 32.2. The highest BCUT2D eigenvalue weighted by molar-refractivity contribution is 8.26. The van der Waals surface area contributed by atoms with E-state index in [0.29, 0.717) is 60.1 Å². The molecule has 7 nitrogen and oxygen atoms in total. The van der Waals surface area contributed by atoms with Crippen molar-refractivity contribution in [3.05, 3.63) is 31.9 Å². The van der Waals surface area contributed by atoms with E-state index >= 15 is 0 Å². The van der Waals surface area contributed by atoms with Crippen LogP contribution in [0.2, 0.25) is 0 Å². The summed E-state index contributed by atoms with van der Waals surface area (Å²) in [6.45, 7) is 11.5. The highest BCUT2D eigenvalue weighted by Gasteiger charge is 2.34. The number of unbranched alkanes of at least 4 members (excludes halogenated alkanes) is 1. The number of nitrogens with zero attached hydrogens (tertiary/aromatic N) is 4. The van der Waals surface area contributed by atoms with Crippen LogP contribution in [0.4, 0.5) is 5.82 Å². The van der Waals surface area contributed by atoms with Crippen LogP contribution in [0, 0.1) is 24.2 Å². The van der Waals surface area contributed by atoms with E-state index in [-0.39, 0.29) is 17.0 Å². The first-order chi connectivity index (χ1) is 16.4. The van der Waals surface area contributed by atoms with Gasteiger partial charge in [-0.25, -0.2) is 0 Å². The minimum atomic E-state index is -0.296. The van der Waals surface area contributed by atoms with Crippen molar-refractivity contribution >= 4 is 46.1 Å². The lowest BCUT2D eigenvalue weighted by atomic mass is 9.99. The minimum Gasteiger partial charge on any atom is -0.378 e. The second kappa shape index (κ2) is 12.0. The summed E-state index contributed by atoms with van der Waals surface area (Å²) in [7, 11) is 0. The third-order valence-corrected chi connectivity index (χ3v) is 7.98. The average Bonchev–Trinajstić information content (AvgIpc) is 3.11. The first-order valence-electron chi connectivity index (χ1n) is 12.1. The molecule has 2 fully saturated rings. The normalized spacial score (nSPS) is 18.6. The SMILES string of the molecule is CCCCC(CC)CN1C(=O)/C(=C\c2c(C)c(C#N)c(=O)n(CC)c2N2CCOCC2)SC1=S. The van der Waals surface area contributed by atoms with Gasteiger partial charge in [-0.15, -0.1) is 0 Å². The molecule has 1 aromatic heterocycles. The van der Waals surface area contributed by atoms with Gasteiger partial charge in [0.05, 0.1) is 18.1 Å². The fourth-order valence-electron chi connectivity index (χ4n) is 4.52. The maximum absolute atomic E-state index is 13.4. The summed E-state index contributed by atoms with van der Waals surface area (Å²) in [5.41, 5.74) is 1.15. The molecule has 1 unspecified atom stereocenters. The molecule has 0 aliphatic carbocycles. The van der Waals surface area contributed by atoms with E-state index in [1.165, 1.54) is 11.8 Å². The van der Waals surface area contributed by atoms with Crippen molar-refractivity contribution in [2.75, 3.05) is 37.7 Å². The number of thiocarbonyl (C=S) groups is 1. The lowest BCUT2D eigenvalue weighted by Crippen LogP contribution is -2.41. The van der Waals surface area contributed by atoms with Crippen molar-refractivity contribution < 1.29 is 9.53 Å². The van der Waals surface area contributed by atoms with E-state index in [1.54, 1.807) is 16.4 Å².